The molecule has 1 aromatic rings. The van der Waals surface area contributed by atoms with Gasteiger partial charge in [-0.15, -0.1) is 24.8 Å². The number of aryl methyl sites for hydroxylation is 2. The number of nitrogen functional groups attached to an aromatic ring is 1. The molecule has 0 fully saturated rings. The van der Waals surface area contributed by atoms with E-state index in [1.165, 1.54) is 0 Å². The third-order valence-corrected chi connectivity index (χ3v) is 1.83. The van der Waals surface area contributed by atoms with Gasteiger partial charge in [0.15, 0.2) is 5.75 Å². The van der Waals surface area contributed by atoms with Gasteiger partial charge in [0.1, 0.15) is 6.67 Å². The number of aromatic nitrogens is 1. The summed E-state index contributed by atoms with van der Waals surface area (Å²) in [4.78, 5) is 3.93. The molecule has 0 aromatic carbocycles. The lowest BCUT2D eigenvalue weighted by molar-refractivity contribution is 0.457. The summed E-state index contributed by atoms with van der Waals surface area (Å²) in [5, 5.41) is 9.29. The van der Waals surface area contributed by atoms with Crippen LogP contribution < -0.4 is 5.73 Å². The Labute approximate surface area is 94.4 Å². The van der Waals surface area contributed by atoms with Gasteiger partial charge in [-0.1, -0.05) is 0 Å². The van der Waals surface area contributed by atoms with Crippen molar-refractivity contribution in [2.75, 3.05) is 5.73 Å². The Bertz CT molecular complexity index is 321. The maximum absolute atomic E-state index is 12.3. The third-order valence-electron chi connectivity index (χ3n) is 1.83. The van der Waals surface area contributed by atoms with Crippen LogP contribution in [0.3, 0.4) is 0 Å². The first kappa shape index (κ1) is 15.7. The molecule has 3 nitrogen and oxygen atoms in total. The van der Waals surface area contributed by atoms with Crippen LogP contribution in [0.25, 0.3) is 0 Å². The summed E-state index contributed by atoms with van der Waals surface area (Å²) in [6.45, 7) is 2.59. The van der Waals surface area contributed by atoms with Crippen LogP contribution in [-0.2, 0) is 6.67 Å². The first-order chi connectivity index (χ1) is 5.57. The summed E-state index contributed by atoms with van der Waals surface area (Å²) in [5.74, 6) is -0.117. The van der Waals surface area contributed by atoms with Crippen LogP contribution in [0.2, 0.25) is 0 Å². The zero-order valence-electron chi connectivity index (χ0n) is 7.87. The van der Waals surface area contributed by atoms with E-state index in [0.29, 0.717) is 11.4 Å². The fraction of sp³-hybridized carbons (Fsp3) is 0.375. The largest absolute Gasteiger partial charge is 0.504 e. The number of hydrogen-bond donors (Lipinski definition) is 2. The maximum atomic E-state index is 12.3. The Morgan fingerprint density at radius 1 is 1.29 bits per heavy atom. The topological polar surface area (TPSA) is 59.1 Å². The molecule has 3 N–H and O–H groups in total. The highest BCUT2D eigenvalue weighted by atomic mass is 35.5. The first-order valence-corrected chi connectivity index (χ1v) is 3.58. The molecular formula is C8H13Cl2FN2O. The number of pyridine rings is 1. The van der Waals surface area contributed by atoms with E-state index in [9.17, 15) is 9.50 Å². The van der Waals surface area contributed by atoms with Crippen LogP contribution in [0.5, 0.6) is 5.75 Å². The Morgan fingerprint density at radius 2 is 1.79 bits per heavy atom. The second-order valence-electron chi connectivity index (χ2n) is 2.66. The summed E-state index contributed by atoms with van der Waals surface area (Å²) in [7, 11) is 0. The van der Waals surface area contributed by atoms with Crippen LogP contribution in [0, 0.1) is 13.8 Å². The minimum absolute atomic E-state index is 0. The van der Waals surface area contributed by atoms with Gasteiger partial charge in [-0.2, -0.15) is 0 Å². The highest BCUT2D eigenvalue weighted by Gasteiger charge is 2.11. The molecule has 14 heavy (non-hydrogen) atoms. The number of aromatic hydroxyl groups is 1. The zero-order chi connectivity index (χ0) is 9.30. The van der Waals surface area contributed by atoms with Crippen molar-refractivity contribution in [1.82, 2.24) is 4.98 Å². The zero-order valence-corrected chi connectivity index (χ0v) is 9.51. The Morgan fingerprint density at radius 3 is 2.21 bits per heavy atom. The van der Waals surface area contributed by atoms with Crippen LogP contribution in [-0.4, -0.2) is 10.1 Å². The monoisotopic (exact) mass is 242 g/mol. The van der Waals surface area contributed by atoms with Gasteiger partial charge in [0.05, 0.1) is 11.4 Å². The van der Waals surface area contributed by atoms with Gasteiger partial charge in [-0.25, -0.2) is 4.39 Å². The lowest BCUT2D eigenvalue weighted by atomic mass is 10.1. The lowest BCUT2D eigenvalue weighted by Crippen LogP contribution is -2.00. The minimum atomic E-state index is -0.696. The van der Waals surface area contributed by atoms with Gasteiger partial charge in [0.25, 0.3) is 0 Å². The average Bonchev–Trinajstić information content (AvgIpc) is 2.01. The second-order valence-corrected chi connectivity index (χ2v) is 2.66. The Hall–Kier alpha value is -0.740. The quantitative estimate of drug-likeness (QED) is 0.795. The fourth-order valence-electron chi connectivity index (χ4n) is 1.07. The molecule has 1 heterocycles. The number of hydrogen-bond acceptors (Lipinski definition) is 3. The van der Waals surface area contributed by atoms with Crippen molar-refractivity contribution in [3.05, 3.63) is 17.0 Å². The van der Waals surface area contributed by atoms with Gasteiger partial charge in [0, 0.05) is 11.3 Å². The molecule has 82 valence electrons. The van der Waals surface area contributed by atoms with E-state index in [-0.39, 0.29) is 41.8 Å². The van der Waals surface area contributed by atoms with E-state index >= 15 is 0 Å². The normalized spacial score (nSPS) is 8.79. The van der Waals surface area contributed by atoms with Gasteiger partial charge < -0.3 is 10.8 Å². The van der Waals surface area contributed by atoms with Crippen molar-refractivity contribution in [3.63, 3.8) is 0 Å². The molecule has 1 aromatic heterocycles. The van der Waals surface area contributed by atoms with Crippen LogP contribution in [0.15, 0.2) is 0 Å². The molecule has 0 spiro atoms. The summed E-state index contributed by atoms with van der Waals surface area (Å²) in [6.07, 6.45) is 0. The van der Waals surface area contributed by atoms with Crippen molar-refractivity contribution in [2.45, 2.75) is 20.5 Å². The van der Waals surface area contributed by atoms with Crippen LogP contribution in [0.1, 0.15) is 17.0 Å². The third kappa shape index (κ3) is 2.62. The van der Waals surface area contributed by atoms with Gasteiger partial charge >= 0.3 is 0 Å². The molecule has 0 aliphatic heterocycles. The van der Waals surface area contributed by atoms with E-state index in [4.69, 9.17) is 5.73 Å². The molecule has 0 radical (unpaired) electrons. The highest BCUT2D eigenvalue weighted by Crippen LogP contribution is 2.28. The Balaban J connectivity index is 0. The van der Waals surface area contributed by atoms with E-state index in [2.05, 4.69) is 4.98 Å². The van der Waals surface area contributed by atoms with Crippen molar-refractivity contribution >= 4 is 30.5 Å². The Kier molecular flexibility index (Phi) is 6.60. The van der Waals surface area contributed by atoms with Gasteiger partial charge in [-0.3, -0.25) is 4.98 Å². The molecule has 0 saturated carbocycles. The van der Waals surface area contributed by atoms with Crippen LogP contribution in [0.4, 0.5) is 10.1 Å². The summed E-state index contributed by atoms with van der Waals surface area (Å²) < 4.78 is 12.3. The fourth-order valence-corrected chi connectivity index (χ4v) is 1.07. The van der Waals surface area contributed by atoms with E-state index in [1.54, 1.807) is 13.8 Å². The van der Waals surface area contributed by atoms with Crippen molar-refractivity contribution in [2.24, 2.45) is 0 Å². The van der Waals surface area contributed by atoms with E-state index < -0.39 is 6.67 Å². The van der Waals surface area contributed by atoms with E-state index in [1.807, 2.05) is 0 Å². The molecule has 0 atom stereocenters. The molecule has 0 aliphatic carbocycles. The molecule has 6 heteroatoms. The number of nitrogens with zero attached hydrogens (tertiary/aromatic N) is 1. The average molecular weight is 243 g/mol. The van der Waals surface area contributed by atoms with Gasteiger partial charge in [-0.05, 0) is 13.8 Å². The van der Waals surface area contributed by atoms with E-state index in [0.717, 1.165) is 0 Å². The molecule has 1 rings (SSSR count). The van der Waals surface area contributed by atoms with Crippen molar-refractivity contribution in [3.8, 4) is 5.75 Å². The van der Waals surface area contributed by atoms with Gasteiger partial charge in [0.2, 0.25) is 0 Å². The predicted octanol–water partition coefficient (Wildman–Crippen LogP) is 2.30. The molecule has 0 aliphatic rings. The highest BCUT2D eigenvalue weighted by molar-refractivity contribution is 5.85. The predicted molar refractivity (Wildman–Crippen MR) is 59.1 cm³/mol. The molecule has 0 amide bonds. The minimum Gasteiger partial charge on any atom is -0.504 e. The summed E-state index contributed by atoms with van der Waals surface area (Å²) >= 11 is 0. The maximum Gasteiger partial charge on any atom is 0.160 e. The first-order valence-electron chi connectivity index (χ1n) is 3.58. The second kappa shape index (κ2) is 5.88. The standard InChI is InChI=1S/C8H11FN2O.2ClH/c1-4-6(3-9)7(10)8(12)5(2)11-4;;/h12H,3H2,1-2H3,(H2,10,11);2*1H. The molecular weight excluding hydrogens is 230 g/mol. The van der Waals surface area contributed by atoms with Crippen LogP contribution >= 0.6 is 24.8 Å². The number of alkyl halides is 1. The molecule has 0 unspecified atom stereocenters. The van der Waals surface area contributed by atoms with Crippen molar-refractivity contribution < 1.29 is 9.50 Å². The lowest BCUT2D eigenvalue weighted by Gasteiger charge is -2.08. The SMILES string of the molecule is Cc1nc(C)c(CF)c(N)c1O.Cl.Cl. The number of rotatable bonds is 1. The summed E-state index contributed by atoms with van der Waals surface area (Å²) in [6, 6.07) is 0. The summed E-state index contributed by atoms with van der Waals surface area (Å²) in [5.41, 5.74) is 6.81. The number of halogens is 3. The number of anilines is 1. The van der Waals surface area contributed by atoms with Crippen molar-refractivity contribution in [1.29, 1.82) is 0 Å². The molecule has 0 bridgehead atoms. The number of nitrogens with two attached hydrogens (primary N) is 1. The molecule has 0 saturated heterocycles. The smallest absolute Gasteiger partial charge is 0.160 e.